The minimum atomic E-state index is -0.148. The fourth-order valence-electron chi connectivity index (χ4n) is 3.83. The topological polar surface area (TPSA) is 54.3 Å². The highest BCUT2D eigenvalue weighted by Crippen LogP contribution is 2.29. The van der Waals surface area contributed by atoms with E-state index in [0.29, 0.717) is 0 Å². The van der Waals surface area contributed by atoms with Gasteiger partial charge in [0, 0.05) is 0 Å². The molecule has 1 aliphatic rings. The zero-order chi connectivity index (χ0) is 18.5. The molecule has 3 aromatic rings. The van der Waals surface area contributed by atoms with Crippen LogP contribution < -0.4 is 10.6 Å². The number of carbonyl (C=O) groups is 1. The van der Waals surface area contributed by atoms with Crippen LogP contribution >= 0.6 is 0 Å². The number of benzene rings is 2. The molecular weight excluding hydrogens is 336 g/mol. The molecule has 0 saturated carbocycles. The molecule has 1 aliphatic carbocycles. The molecular formula is C23H24N2O2. The molecule has 0 radical (unpaired) electrons. The Morgan fingerprint density at radius 2 is 1.85 bits per heavy atom. The Morgan fingerprint density at radius 3 is 2.67 bits per heavy atom. The highest BCUT2D eigenvalue weighted by atomic mass is 16.3. The second-order valence-corrected chi connectivity index (χ2v) is 6.95. The van der Waals surface area contributed by atoms with E-state index in [2.05, 4.69) is 28.8 Å². The Kier molecular flexibility index (Phi) is 5.35. The molecule has 4 rings (SSSR count). The van der Waals surface area contributed by atoms with Gasteiger partial charge in [-0.2, -0.15) is 0 Å². The molecule has 1 heterocycles. The standard InChI is InChI=1S/C23H24N2O2/c26-22(25-20-13-6-11-17-8-4-5-12-19(17)20)16-24-23(21-14-7-15-27-21)18-9-2-1-3-10-18/h1-5,7-10,12,14-15,20,23-24H,6,11,13,16H2,(H,25,26)/t20-,23-/m1/s1. The van der Waals surface area contributed by atoms with Gasteiger partial charge in [0.25, 0.3) is 0 Å². The molecule has 0 aliphatic heterocycles. The first-order chi connectivity index (χ1) is 13.3. The predicted molar refractivity (Wildman–Crippen MR) is 105 cm³/mol. The Balaban J connectivity index is 1.42. The summed E-state index contributed by atoms with van der Waals surface area (Å²) in [7, 11) is 0. The quantitative estimate of drug-likeness (QED) is 0.694. The van der Waals surface area contributed by atoms with Crippen molar-refractivity contribution in [2.45, 2.75) is 31.3 Å². The van der Waals surface area contributed by atoms with E-state index in [1.54, 1.807) is 6.26 Å². The van der Waals surface area contributed by atoms with Crippen LogP contribution in [0.15, 0.2) is 77.4 Å². The molecule has 0 spiro atoms. The first kappa shape index (κ1) is 17.6. The van der Waals surface area contributed by atoms with Crippen molar-refractivity contribution in [1.82, 2.24) is 10.6 Å². The Bertz CT molecular complexity index is 874. The minimum absolute atomic E-state index is 0.00388. The number of furan rings is 1. The van der Waals surface area contributed by atoms with Crippen LogP contribution in [0, 0.1) is 0 Å². The second kappa shape index (κ2) is 8.23. The van der Waals surface area contributed by atoms with E-state index >= 15 is 0 Å². The largest absolute Gasteiger partial charge is 0.467 e. The first-order valence-electron chi connectivity index (χ1n) is 9.50. The van der Waals surface area contributed by atoms with E-state index in [-0.39, 0.29) is 24.5 Å². The molecule has 1 amide bonds. The van der Waals surface area contributed by atoms with Gasteiger partial charge in [-0.3, -0.25) is 10.1 Å². The lowest BCUT2D eigenvalue weighted by Crippen LogP contribution is -2.38. The SMILES string of the molecule is O=C(CN[C@H](c1ccccc1)c1ccco1)N[C@@H]1CCCc2ccccc21. The molecule has 0 saturated heterocycles. The summed E-state index contributed by atoms with van der Waals surface area (Å²) in [6.45, 7) is 0.235. The van der Waals surface area contributed by atoms with Gasteiger partial charge in [0.05, 0.1) is 24.9 Å². The maximum Gasteiger partial charge on any atom is 0.234 e. The average Bonchev–Trinajstić information content (AvgIpc) is 3.24. The summed E-state index contributed by atoms with van der Waals surface area (Å²) in [5.41, 5.74) is 3.67. The van der Waals surface area contributed by atoms with E-state index in [4.69, 9.17) is 4.42 Å². The van der Waals surface area contributed by atoms with Gasteiger partial charge in [0.1, 0.15) is 5.76 Å². The number of nitrogens with one attached hydrogen (secondary N) is 2. The van der Waals surface area contributed by atoms with Crippen LogP contribution in [-0.2, 0) is 11.2 Å². The third kappa shape index (κ3) is 4.12. The van der Waals surface area contributed by atoms with Crippen molar-refractivity contribution >= 4 is 5.91 Å². The third-order valence-corrected chi connectivity index (χ3v) is 5.13. The molecule has 0 unspecified atom stereocenters. The van der Waals surface area contributed by atoms with Crippen molar-refractivity contribution in [3.63, 3.8) is 0 Å². The average molecular weight is 360 g/mol. The van der Waals surface area contributed by atoms with Crippen LogP contribution in [0.4, 0.5) is 0 Å². The fourth-order valence-corrected chi connectivity index (χ4v) is 3.83. The van der Waals surface area contributed by atoms with Crippen LogP contribution in [0.5, 0.6) is 0 Å². The van der Waals surface area contributed by atoms with Crippen LogP contribution in [0.25, 0.3) is 0 Å². The van der Waals surface area contributed by atoms with Gasteiger partial charge in [-0.15, -0.1) is 0 Å². The van der Waals surface area contributed by atoms with Crippen molar-refractivity contribution in [2.24, 2.45) is 0 Å². The maximum absolute atomic E-state index is 12.6. The molecule has 2 aromatic carbocycles. The highest BCUT2D eigenvalue weighted by molar-refractivity contribution is 5.78. The van der Waals surface area contributed by atoms with Gasteiger partial charge in [-0.1, -0.05) is 54.6 Å². The number of rotatable bonds is 6. The zero-order valence-electron chi connectivity index (χ0n) is 15.2. The summed E-state index contributed by atoms with van der Waals surface area (Å²) in [6, 6.07) is 22.2. The molecule has 0 bridgehead atoms. The van der Waals surface area contributed by atoms with Gasteiger partial charge < -0.3 is 9.73 Å². The van der Waals surface area contributed by atoms with Crippen LogP contribution in [0.3, 0.4) is 0 Å². The first-order valence-corrected chi connectivity index (χ1v) is 9.50. The lowest BCUT2D eigenvalue weighted by molar-refractivity contribution is -0.121. The molecule has 138 valence electrons. The van der Waals surface area contributed by atoms with E-state index in [1.807, 2.05) is 48.5 Å². The van der Waals surface area contributed by atoms with E-state index in [9.17, 15) is 4.79 Å². The van der Waals surface area contributed by atoms with Crippen molar-refractivity contribution in [2.75, 3.05) is 6.54 Å². The Morgan fingerprint density at radius 1 is 1.04 bits per heavy atom. The van der Waals surface area contributed by atoms with E-state index in [0.717, 1.165) is 30.6 Å². The van der Waals surface area contributed by atoms with Crippen molar-refractivity contribution < 1.29 is 9.21 Å². The molecule has 4 nitrogen and oxygen atoms in total. The van der Waals surface area contributed by atoms with Gasteiger partial charge in [-0.05, 0) is 48.1 Å². The molecule has 4 heteroatoms. The fraction of sp³-hybridized carbons (Fsp3) is 0.261. The Labute approximate surface area is 159 Å². The lowest BCUT2D eigenvalue weighted by Gasteiger charge is -2.26. The van der Waals surface area contributed by atoms with Crippen molar-refractivity contribution in [1.29, 1.82) is 0 Å². The second-order valence-electron chi connectivity index (χ2n) is 6.95. The number of carbonyl (C=O) groups excluding carboxylic acids is 1. The molecule has 27 heavy (non-hydrogen) atoms. The summed E-state index contributed by atoms with van der Waals surface area (Å²) in [6.07, 6.45) is 4.85. The van der Waals surface area contributed by atoms with Crippen LogP contribution in [0.2, 0.25) is 0 Å². The minimum Gasteiger partial charge on any atom is -0.467 e. The van der Waals surface area contributed by atoms with Crippen LogP contribution in [0.1, 0.15) is 47.4 Å². The van der Waals surface area contributed by atoms with Crippen LogP contribution in [-0.4, -0.2) is 12.5 Å². The summed E-state index contributed by atoms with van der Waals surface area (Å²) in [5.74, 6) is 0.807. The lowest BCUT2D eigenvalue weighted by atomic mass is 9.88. The van der Waals surface area contributed by atoms with E-state index < -0.39 is 0 Å². The van der Waals surface area contributed by atoms with Crippen molar-refractivity contribution in [3.05, 3.63) is 95.4 Å². The number of amides is 1. The third-order valence-electron chi connectivity index (χ3n) is 5.13. The highest BCUT2D eigenvalue weighted by Gasteiger charge is 2.22. The number of fused-ring (bicyclic) bond motifs is 1. The molecule has 0 fully saturated rings. The molecule has 2 atom stereocenters. The zero-order valence-corrected chi connectivity index (χ0v) is 15.2. The molecule has 1 aromatic heterocycles. The van der Waals surface area contributed by atoms with Gasteiger partial charge >= 0.3 is 0 Å². The normalized spacial score (nSPS) is 17.1. The van der Waals surface area contributed by atoms with E-state index in [1.165, 1.54) is 11.1 Å². The monoisotopic (exact) mass is 360 g/mol. The number of hydrogen-bond donors (Lipinski definition) is 2. The van der Waals surface area contributed by atoms with Gasteiger partial charge in [0.15, 0.2) is 0 Å². The van der Waals surface area contributed by atoms with Gasteiger partial charge in [0.2, 0.25) is 5.91 Å². The maximum atomic E-state index is 12.6. The summed E-state index contributed by atoms with van der Waals surface area (Å²) < 4.78 is 5.58. The molecule has 2 N–H and O–H groups in total. The van der Waals surface area contributed by atoms with Gasteiger partial charge in [-0.25, -0.2) is 0 Å². The van der Waals surface area contributed by atoms with Crippen molar-refractivity contribution in [3.8, 4) is 0 Å². The summed E-state index contributed by atoms with van der Waals surface area (Å²) >= 11 is 0. The number of hydrogen-bond acceptors (Lipinski definition) is 3. The smallest absolute Gasteiger partial charge is 0.234 e. The number of aryl methyl sites for hydroxylation is 1. The predicted octanol–water partition coefficient (Wildman–Crippen LogP) is 4.15. The summed E-state index contributed by atoms with van der Waals surface area (Å²) in [4.78, 5) is 12.6. The Hall–Kier alpha value is -2.85. The summed E-state index contributed by atoms with van der Waals surface area (Å²) in [5, 5.41) is 6.54.